The summed E-state index contributed by atoms with van der Waals surface area (Å²) in [5, 5.41) is 0. The maximum absolute atomic E-state index is 12.9. The molecule has 0 radical (unpaired) electrons. The first-order valence-electron chi connectivity index (χ1n) is 8.50. The van der Waals surface area contributed by atoms with Crippen molar-refractivity contribution in [3.05, 3.63) is 29.8 Å². The number of amides is 3. The smallest absolute Gasteiger partial charge is 0.269 e. The molecule has 0 N–H and O–H groups in total. The number of carbonyl (C=O) groups is 3. The first-order chi connectivity index (χ1) is 12.6. The van der Waals surface area contributed by atoms with E-state index in [1.165, 1.54) is 28.0 Å². The Balaban J connectivity index is 1.84. The third-order valence-electron chi connectivity index (χ3n) is 4.82. The summed E-state index contributed by atoms with van der Waals surface area (Å²) in [6.45, 7) is 0.582. The number of hydrogen-bond acceptors (Lipinski definition) is 6. The van der Waals surface area contributed by atoms with E-state index in [-0.39, 0.29) is 22.9 Å². The summed E-state index contributed by atoms with van der Waals surface area (Å²) in [5.74, 6) is -1.52. The molecule has 2 aliphatic rings. The van der Waals surface area contributed by atoms with Gasteiger partial charge in [0.25, 0.3) is 15.9 Å². The maximum atomic E-state index is 12.9. The Kier molecular flexibility index (Phi) is 4.96. The lowest BCUT2D eigenvalue weighted by Crippen LogP contribution is -2.61. The van der Waals surface area contributed by atoms with Crippen LogP contribution in [0.25, 0.3) is 0 Å². The highest BCUT2D eigenvalue weighted by atomic mass is 32.2. The van der Waals surface area contributed by atoms with Crippen LogP contribution >= 0.6 is 0 Å². The normalized spacial score (nSPS) is 21.9. The van der Waals surface area contributed by atoms with E-state index in [1.54, 1.807) is 20.2 Å². The van der Waals surface area contributed by atoms with Gasteiger partial charge in [-0.25, -0.2) is 12.7 Å². The average Bonchev–Trinajstić information content (AvgIpc) is 2.82. The molecule has 10 heteroatoms. The number of rotatable bonds is 3. The molecule has 0 aliphatic carbocycles. The van der Waals surface area contributed by atoms with Gasteiger partial charge in [-0.2, -0.15) is 0 Å². The molecule has 3 amide bonds. The predicted molar refractivity (Wildman–Crippen MR) is 96.4 cm³/mol. The highest BCUT2D eigenvalue weighted by Gasteiger charge is 2.44. The Bertz CT molecular complexity index is 898. The Morgan fingerprint density at radius 1 is 1.19 bits per heavy atom. The SMILES string of the molecule is CN1CCN(C(=O)CN2C(=O)c3ccccc3S2(=O)=O)C(C(=O)N(C)C)C1. The second-order valence-electron chi connectivity index (χ2n) is 6.91. The van der Waals surface area contributed by atoms with Crippen LogP contribution in [0.4, 0.5) is 0 Å². The van der Waals surface area contributed by atoms with Gasteiger partial charge in [0.1, 0.15) is 17.5 Å². The van der Waals surface area contributed by atoms with Gasteiger partial charge in [-0.15, -0.1) is 0 Å². The van der Waals surface area contributed by atoms with E-state index < -0.39 is 34.4 Å². The number of benzene rings is 1. The molecule has 1 aromatic rings. The van der Waals surface area contributed by atoms with Gasteiger partial charge in [-0.3, -0.25) is 14.4 Å². The average molecular weight is 394 g/mol. The molecule has 146 valence electrons. The van der Waals surface area contributed by atoms with E-state index in [0.717, 1.165) is 0 Å². The van der Waals surface area contributed by atoms with Gasteiger partial charge in [-0.05, 0) is 19.2 Å². The second kappa shape index (κ2) is 6.93. The first kappa shape index (κ1) is 19.3. The molecular weight excluding hydrogens is 372 g/mol. The van der Waals surface area contributed by atoms with Gasteiger partial charge in [0.2, 0.25) is 11.8 Å². The van der Waals surface area contributed by atoms with E-state index in [9.17, 15) is 22.8 Å². The van der Waals surface area contributed by atoms with Crippen molar-refractivity contribution in [2.45, 2.75) is 10.9 Å². The summed E-state index contributed by atoms with van der Waals surface area (Å²) in [5.41, 5.74) is 0.0598. The molecule has 0 spiro atoms. The van der Waals surface area contributed by atoms with E-state index in [4.69, 9.17) is 0 Å². The fourth-order valence-electron chi connectivity index (χ4n) is 3.33. The number of carbonyl (C=O) groups excluding carboxylic acids is 3. The van der Waals surface area contributed by atoms with Crippen LogP contribution in [0, 0.1) is 0 Å². The fraction of sp³-hybridized carbons (Fsp3) is 0.471. The maximum Gasteiger partial charge on any atom is 0.269 e. The molecule has 0 saturated carbocycles. The molecule has 1 unspecified atom stereocenters. The molecular formula is C17H22N4O5S. The number of fused-ring (bicyclic) bond motifs is 1. The molecule has 3 rings (SSSR count). The van der Waals surface area contributed by atoms with Crippen molar-refractivity contribution in [1.82, 2.24) is 19.0 Å². The number of piperazine rings is 1. The third-order valence-corrected chi connectivity index (χ3v) is 6.61. The summed E-state index contributed by atoms with van der Waals surface area (Å²) in [7, 11) is 0.990. The summed E-state index contributed by atoms with van der Waals surface area (Å²) >= 11 is 0. The van der Waals surface area contributed by atoms with Crippen molar-refractivity contribution < 1.29 is 22.8 Å². The van der Waals surface area contributed by atoms with E-state index in [2.05, 4.69) is 0 Å². The van der Waals surface area contributed by atoms with E-state index in [1.807, 2.05) is 11.9 Å². The van der Waals surface area contributed by atoms with E-state index in [0.29, 0.717) is 17.4 Å². The Morgan fingerprint density at radius 2 is 1.85 bits per heavy atom. The minimum absolute atomic E-state index is 0.0598. The van der Waals surface area contributed by atoms with Gasteiger partial charge < -0.3 is 14.7 Å². The largest absolute Gasteiger partial charge is 0.347 e. The van der Waals surface area contributed by atoms with Gasteiger partial charge in [-0.1, -0.05) is 12.1 Å². The number of likely N-dealkylation sites (N-methyl/N-ethyl adjacent to an activating group) is 2. The highest BCUT2D eigenvalue weighted by molar-refractivity contribution is 7.90. The number of hydrogen-bond donors (Lipinski definition) is 0. The highest BCUT2D eigenvalue weighted by Crippen LogP contribution is 2.30. The fourth-order valence-corrected chi connectivity index (χ4v) is 4.85. The molecule has 2 heterocycles. The minimum atomic E-state index is -4.06. The van der Waals surface area contributed by atoms with Crippen LogP contribution in [0.1, 0.15) is 10.4 Å². The van der Waals surface area contributed by atoms with Crippen LogP contribution in [0.5, 0.6) is 0 Å². The van der Waals surface area contributed by atoms with Crippen LogP contribution in [-0.4, -0.2) is 98.5 Å². The molecule has 1 atom stereocenters. The number of nitrogens with zero attached hydrogens (tertiary/aromatic N) is 4. The second-order valence-corrected chi connectivity index (χ2v) is 8.74. The molecule has 9 nitrogen and oxygen atoms in total. The monoisotopic (exact) mass is 394 g/mol. The molecule has 27 heavy (non-hydrogen) atoms. The van der Waals surface area contributed by atoms with Crippen molar-refractivity contribution in [2.75, 3.05) is 47.3 Å². The van der Waals surface area contributed by atoms with Gasteiger partial charge in [0, 0.05) is 33.7 Å². The summed E-state index contributed by atoms with van der Waals surface area (Å²) in [6, 6.07) is 5.16. The third kappa shape index (κ3) is 3.30. The summed E-state index contributed by atoms with van der Waals surface area (Å²) in [6.07, 6.45) is 0. The van der Waals surface area contributed by atoms with Crippen molar-refractivity contribution in [3.63, 3.8) is 0 Å². The summed E-state index contributed by atoms with van der Waals surface area (Å²) < 4.78 is 25.9. The summed E-state index contributed by atoms with van der Waals surface area (Å²) in [4.78, 5) is 42.4. The van der Waals surface area contributed by atoms with Gasteiger partial charge >= 0.3 is 0 Å². The van der Waals surface area contributed by atoms with Crippen molar-refractivity contribution >= 4 is 27.7 Å². The molecule has 0 aromatic heterocycles. The lowest BCUT2D eigenvalue weighted by molar-refractivity contribution is -0.147. The van der Waals surface area contributed by atoms with E-state index >= 15 is 0 Å². The molecule has 1 saturated heterocycles. The number of sulfonamides is 1. The van der Waals surface area contributed by atoms with Crippen LogP contribution < -0.4 is 0 Å². The molecule has 1 aromatic carbocycles. The topological polar surface area (TPSA) is 98.3 Å². The van der Waals surface area contributed by atoms with Crippen LogP contribution in [0.3, 0.4) is 0 Å². The zero-order valence-electron chi connectivity index (χ0n) is 15.5. The van der Waals surface area contributed by atoms with Crippen LogP contribution in [0.15, 0.2) is 29.2 Å². The standard InChI is InChI=1S/C17H22N4O5S/c1-18(2)17(24)13-10-19(3)8-9-20(13)15(22)11-21-16(23)12-6-4-5-7-14(12)27(21,25)26/h4-7,13H,8-11H2,1-3H3. The molecule has 2 aliphatic heterocycles. The first-order valence-corrected chi connectivity index (χ1v) is 9.94. The van der Waals surface area contributed by atoms with Crippen molar-refractivity contribution in [3.8, 4) is 0 Å². The lowest BCUT2D eigenvalue weighted by Gasteiger charge is -2.40. The van der Waals surface area contributed by atoms with Gasteiger partial charge in [0.15, 0.2) is 0 Å². The minimum Gasteiger partial charge on any atom is -0.347 e. The zero-order valence-corrected chi connectivity index (χ0v) is 16.3. The zero-order chi connectivity index (χ0) is 19.9. The van der Waals surface area contributed by atoms with Crippen molar-refractivity contribution in [2.24, 2.45) is 0 Å². The molecule has 0 bridgehead atoms. The van der Waals surface area contributed by atoms with Crippen molar-refractivity contribution in [1.29, 1.82) is 0 Å². The van der Waals surface area contributed by atoms with Gasteiger partial charge in [0.05, 0.1) is 5.56 Å². The predicted octanol–water partition coefficient (Wildman–Crippen LogP) is -0.938. The Hall–Kier alpha value is -2.46. The Labute approximate surface area is 158 Å². The van der Waals surface area contributed by atoms with Crippen LogP contribution in [0.2, 0.25) is 0 Å². The lowest BCUT2D eigenvalue weighted by atomic mass is 10.1. The Morgan fingerprint density at radius 3 is 2.48 bits per heavy atom. The quantitative estimate of drug-likeness (QED) is 0.656. The molecule has 1 fully saturated rings. The van der Waals surface area contributed by atoms with Crippen LogP contribution in [-0.2, 0) is 19.6 Å².